The average molecular weight is 257 g/mol. The number of rotatable bonds is 5. The Bertz CT molecular complexity index is 571. The van der Waals surface area contributed by atoms with Crippen molar-refractivity contribution >= 4 is 5.82 Å². The number of aryl methyl sites for hydroxylation is 1. The van der Waals surface area contributed by atoms with Gasteiger partial charge in [0, 0.05) is 37.5 Å². The molecule has 0 aromatic carbocycles. The zero-order chi connectivity index (χ0) is 13.2. The summed E-state index contributed by atoms with van der Waals surface area (Å²) in [5, 5.41) is 3.28. The van der Waals surface area contributed by atoms with Crippen LogP contribution in [0.3, 0.4) is 0 Å². The van der Waals surface area contributed by atoms with E-state index in [4.69, 9.17) is 4.98 Å². The highest BCUT2D eigenvalue weighted by atomic mass is 15.1. The molecule has 0 aliphatic heterocycles. The maximum absolute atomic E-state index is 4.69. The van der Waals surface area contributed by atoms with Crippen LogP contribution in [-0.2, 0) is 6.54 Å². The van der Waals surface area contributed by atoms with Crippen molar-refractivity contribution in [3.8, 4) is 11.5 Å². The maximum atomic E-state index is 4.69. The van der Waals surface area contributed by atoms with E-state index in [1.165, 1.54) is 12.8 Å². The van der Waals surface area contributed by atoms with Crippen molar-refractivity contribution in [2.24, 2.45) is 0 Å². The third-order valence-corrected chi connectivity index (χ3v) is 3.33. The smallest absolute Gasteiger partial charge is 0.158 e. The molecule has 1 aliphatic carbocycles. The minimum atomic E-state index is 0.544. The first kappa shape index (κ1) is 12.1. The molecule has 1 saturated carbocycles. The SMILES string of the molecule is CCNc1cc(-c2nccn2CC)nc(C2CC2)n1. The molecule has 0 amide bonds. The number of nitrogens with zero attached hydrogens (tertiary/aromatic N) is 4. The minimum Gasteiger partial charge on any atom is -0.370 e. The van der Waals surface area contributed by atoms with Crippen molar-refractivity contribution in [1.29, 1.82) is 0 Å². The van der Waals surface area contributed by atoms with Gasteiger partial charge in [-0.15, -0.1) is 0 Å². The Morgan fingerprint density at radius 3 is 2.84 bits per heavy atom. The first-order chi connectivity index (χ1) is 9.31. The summed E-state index contributed by atoms with van der Waals surface area (Å²) in [6, 6.07) is 1.99. The van der Waals surface area contributed by atoms with E-state index < -0.39 is 0 Å². The van der Waals surface area contributed by atoms with Gasteiger partial charge in [-0.25, -0.2) is 15.0 Å². The average Bonchev–Trinajstić information content (AvgIpc) is 3.16. The van der Waals surface area contributed by atoms with Crippen LogP contribution in [0.4, 0.5) is 5.82 Å². The van der Waals surface area contributed by atoms with Gasteiger partial charge in [0.25, 0.3) is 0 Å². The molecule has 0 atom stereocenters. The van der Waals surface area contributed by atoms with Gasteiger partial charge in [0.2, 0.25) is 0 Å². The molecule has 1 fully saturated rings. The summed E-state index contributed by atoms with van der Waals surface area (Å²) in [5.74, 6) is 3.33. The fraction of sp³-hybridized carbons (Fsp3) is 0.500. The van der Waals surface area contributed by atoms with E-state index in [2.05, 4.69) is 33.7 Å². The van der Waals surface area contributed by atoms with Gasteiger partial charge < -0.3 is 9.88 Å². The predicted molar refractivity (Wildman–Crippen MR) is 75.1 cm³/mol. The number of nitrogens with one attached hydrogen (secondary N) is 1. The van der Waals surface area contributed by atoms with Gasteiger partial charge in [0.15, 0.2) is 5.82 Å². The molecule has 5 nitrogen and oxygen atoms in total. The summed E-state index contributed by atoms with van der Waals surface area (Å²) < 4.78 is 2.11. The molecular formula is C14H19N5. The van der Waals surface area contributed by atoms with Gasteiger partial charge >= 0.3 is 0 Å². The number of hydrogen-bond donors (Lipinski definition) is 1. The van der Waals surface area contributed by atoms with E-state index in [1.807, 2.05) is 18.5 Å². The van der Waals surface area contributed by atoms with Gasteiger partial charge in [-0.05, 0) is 26.7 Å². The largest absolute Gasteiger partial charge is 0.370 e. The van der Waals surface area contributed by atoms with Crippen molar-refractivity contribution < 1.29 is 0 Å². The third kappa shape index (κ3) is 2.45. The lowest BCUT2D eigenvalue weighted by Gasteiger charge is -2.09. The molecule has 2 heterocycles. The molecule has 0 spiro atoms. The molecule has 0 unspecified atom stereocenters. The molecule has 2 aromatic rings. The Kier molecular flexibility index (Phi) is 3.19. The second-order valence-electron chi connectivity index (χ2n) is 4.84. The monoisotopic (exact) mass is 257 g/mol. The van der Waals surface area contributed by atoms with Crippen LogP contribution in [-0.4, -0.2) is 26.1 Å². The van der Waals surface area contributed by atoms with E-state index in [0.717, 1.165) is 36.3 Å². The van der Waals surface area contributed by atoms with Crippen LogP contribution < -0.4 is 5.32 Å². The lowest BCUT2D eigenvalue weighted by molar-refractivity contribution is 0.765. The molecule has 0 radical (unpaired) electrons. The van der Waals surface area contributed by atoms with Crippen LogP contribution in [0.15, 0.2) is 18.5 Å². The molecule has 0 bridgehead atoms. The highest BCUT2D eigenvalue weighted by molar-refractivity contribution is 5.56. The van der Waals surface area contributed by atoms with Crippen LogP contribution in [0.1, 0.15) is 38.4 Å². The zero-order valence-electron chi connectivity index (χ0n) is 11.4. The summed E-state index contributed by atoms with van der Waals surface area (Å²) >= 11 is 0. The Hall–Kier alpha value is -1.91. The van der Waals surface area contributed by atoms with E-state index in [0.29, 0.717) is 5.92 Å². The van der Waals surface area contributed by atoms with Crippen LogP contribution >= 0.6 is 0 Å². The van der Waals surface area contributed by atoms with E-state index in [9.17, 15) is 0 Å². The molecule has 1 N–H and O–H groups in total. The lowest BCUT2D eigenvalue weighted by Crippen LogP contribution is -2.06. The highest BCUT2D eigenvalue weighted by Crippen LogP contribution is 2.39. The molecule has 0 saturated heterocycles. The van der Waals surface area contributed by atoms with E-state index in [-0.39, 0.29) is 0 Å². The van der Waals surface area contributed by atoms with Gasteiger partial charge in [-0.3, -0.25) is 0 Å². The normalized spacial score (nSPS) is 14.6. The Morgan fingerprint density at radius 1 is 1.32 bits per heavy atom. The van der Waals surface area contributed by atoms with Gasteiger partial charge in [-0.2, -0.15) is 0 Å². The summed E-state index contributed by atoms with van der Waals surface area (Å²) in [7, 11) is 0. The minimum absolute atomic E-state index is 0.544. The van der Waals surface area contributed by atoms with Gasteiger partial charge in [0.1, 0.15) is 17.3 Å². The predicted octanol–water partition coefficient (Wildman–Crippen LogP) is 2.67. The highest BCUT2D eigenvalue weighted by Gasteiger charge is 2.27. The third-order valence-electron chi connectivity index (χ3n) is 3.33. The van der Waals surface area contributed by atoms with E-state index in [1.54, 1.807) is 0 Å². The first-order valence-corrected chi connectivity index (χ1v) is 6.96. The van der Waals surface area contributed by atoms with Crippen molar-refractivity contribution in [2.75, 3.05) is 11.9 Å². The second-order valence-corrected chi connectivity index (χ2v) is 4.84. The van der Waals surface area contributed by atoms with Crippen LogP contribution in [0, 0.1) is 0 Å². The van der Waals surface area contributed by atoms with Crippen LogP contribution in [0.5, 0.6) is 0 Å². The molecule has 5 heteroatoms. The van der Waals surface area contributed by atoms with Gasteiger partial charge in [0.05, 0.1) is 0 Å². The van der Waals surface area contributed by atoms with Crippen LogP contribution in [0.2, 0.25) is 0 Å². The first-order valence-electron chi connectivity index (χ1n) is 6.96. The molecule has 19 heavy (non-hydrogen) atoms. The van der Waals surface area contributed by atoms with Crippen molar-refractivity contribution in [3.05, 3.63) is 24.3 Å². The molecule has 2 aromatic heterocycles. The molecule has 3 rings (SSSR count). The Morgan fingerprint density at radius 2 is 2.16 bits per heavy atom. The molecule has 100 valence electrons. The van der Waals surface area contributed by atoms with Crippen molar-refractivity contribution in [3.63, 3.8) is 0 Å². The number of hydrogen-bond acceptors (Lipinski definition) is 4. The van der Waals surface area contributed by atoms with E-state index >= 15 is 0 Å². The Balaban J connectivity index is 2.04. The van der Waals surface area contributed by atoms with Crippen molar-refractivity contribution in [1.82, 2.24) is 19.5 Å². The molecular weight excluding hydrogens is 238 g/mol. The Labute approximate surface area is 113 Å². The van der Waals surface area contributed by atoms with Crippen LogP contribution in [0.25, 0.3) is 11.5 Å². The number of anilines is 1. The standard InChI is InChI=1S/C14H19N5/c1-3-15-12-9-11(14-16-7-8-19(14)4-2)17-13(18-12)10-5-6-10/h7-10H,3-6H2,1-2H3,(H,15,17,18). The quantitative estimate of drug-likeness (QED) is 0.894. The zero-order valence-corrected chi connectivity index (χ0v) is 11.4. The van der Waals surface area contributed by atoms with Gasteiger partial charge in [-0.1, -0.05) is 0 Å². The maximum Gasteiger partial charge on any atom is 0.158 e. The fourth-order valence-electron chi connectivity index (χ4n) is 2.17. The summed E-state index contributed by atoms with van der Waals surface area (Å²) in [5.41, 5.74) is 0.916. The lowest BCUT2D eigenvalue weighted by atomic mass is 10.3. The number of aromatic nitrogens is 4. The summed E-state index contributed by atoms with van der Waals surface area (Å²) in [6.07, 6.45) is 6.22. The topological polar surface area (TPSA) is 55.6 Å². The molecule has 1 aliphatic rings. The number of imidazole rings is 1. The fourth-order valence-corrected chi connectivity index (χ4v) is 2.17. The van der Waals surface area contributed by atoms with Crippen molar-refractivity contribution in [2.45, 2.75) is 39.2 Å². The second kappa shape index (κ2) is 4.99. The summed E-state index contributed by atoms with van der Waals surface area (Å²) in [6.45, 7) is 5.95. The summed E-state index contributed by atoms with van der Waals surface area (Å²) in [4.78, 5) is 13.7.